The Balaban J connectivity index is 1.43. The number of hydrogen-bond acceptors (Lipinski definition) is 6. The van der Waals surface area contributed by atoms with Gasteiger partial charge in [-0.25, -0.2) is 4.90 Å². The van der Waals surface area contributed by atoms with Gasteiger partial charge >= 0.3 is 5.97 Å². The van der Waals surface area contributed by atoms with E-state index in [0.29, 0.717) is 29.1 Å². The Hall–Kier alpha value is -4.50. The van der Waals surface area contributed by atoms with Crippen molar-refractivity contribution in [2.75, 3.05) is 10.2 Å². The number of hydrogen-bond donors (Lipinski definition) is 3. The van der Waals surface area contributed by atoms with E-state index in [4.69, 9.17) is 4.74 Å². The molecule has 0 unspecified atom stereocenters. The number of fused-ring (bicyclic) bond motifs is 4. The molecular formula is C28H24N3O6+. The van der Waals surface area contributed by atoms with Crippen LogP contribution in [0.2, 0.25) is 0 Å². The van der Waals surface area contributed by atoms with Crippen LogP contribution in [0.15, 0.2) is 72.8 Å². The quantitative estimate of drug-likeness (QED) is 0.284. The predicted molar refractivity (Wildman–Crippen MR) is 131 cm³/mol. The van der Waals surface area contributed by atoms with Gasteiger partial charge in [0.2, 0.25) is 17.4 Å². The van der Waals surface area contributed by atoms with Crippen LogP contribution in [0.25, 0.3) is 0 Å². The topological polar surface area (TPSA) is 130 Å². The molecule has 1 spiro atoms. The predicted octanol–water partition coefficient (Wildman–Crippen LogP) is 1.46. The summed E-state index contributed by atoms with van der Waals surface area (Å²) in [4.78, 5) is 53.9. The third-order valence-corrected chi connectivity index (χ3v) is 7.54. The van der Waals surface area contributed by atoms with Gasteiger partial charge in [0.15, 0.2) is 0 Å². The Morgan fingerprint density at radius 1 is 1.00 bits per heavy atom. The van der Waals surface area contributed by atoms with Crippen molar-refractivity contribution in [3.8, 4) is 11.5 Å². The number of anilines is 2. The third-order valence-electron chi connectivity index (χ3n) is 7.54. The number of phenols is 1. The van der Waals surface area contributed by atoms with Gasteiger partial charge in [0.25, 0.3) is 5.91 Å². The molecule has 2 fully saturated rings. The van der Waals surface area contributed by atoms with E-state index in [0.717, 1.165) is 10.5 Å². The van der Waals surface area contributed by atoms with E-state index in [1.165, 1.54) is 19.1 Å². The number of para-hydroxylation sites is 1. The number of benzene rings is 3. The molecule has 3 aromatic carbocycles. The number of nitrogens with two attached hydrogens (primary N) is 1. The molecule has 4 atom stereocenters. The molecule has 0 bridgehead atoms. The molecule has 0 saturated carbocycles. The number of imide groups is 1. The first-order valence-electron chi connectivity index (χ1n) is 12.0. The molecule has 3 aliphatic rings. The van der Waals surface area contributed by atoms with E-state index in [1.807, 2.05) is 23.5 Å². The summed E-state index contributed by atoms with van der Waals surface area (Å²) in [7, 11) is 0. The smallest absolute Gasteiger partial charge is 0.308 e. The molecule has 3 heterocycles. The van der Waals surface area contributed by atoms with Crippen LogP contribution in [-0.4, -0.2) is 34.8 Å². The molecule has 2 saturated heterocycles. The maximum absolute atomic E-state index is 14.0. The van der Waals surface area contributed by atoms with Crippen molar-refractivity contribution in [2.24, 2.45) is 11.8 Å². The van der Waals surface area contributed by atoms with Gasteiger partial charge in [0, 0.05) is 18.9 Å². The monoisotopic (exact) mass is 498 g/mol. The van der Waals surface area contributed by atoms with E-state index >= 15 is 0 Å². The largest absolute Gasteiger partial charge is 0.508 e. The second-order valence-electron chi connectivity index (χ2n) is 9.67. The van der Waals surface area contributed by atoms with Gasteiger partial charge in [0.1, 0.15) is 29.4 Å². The number of quaternary nitrogens is 1. The SMILES string of the molecule is CC(=O)Oc1ccc(N2C(=O)[C@H]3[C@@H](Cc4ccc(O)cc4)[NH2+][C@]4(C(=O)Nc5ccccc54)[C@H]3C2=O)cc1. The lowest BCUT2D eigenvalue weighted by Gasteiger charge is -2.26. The molecule has 37 heavy (non-hydrogen) atoms. The number of phenolic OH excluding ortho intramolecular Hbond substituents is 1. The first kappa shape index (κ1) is 22.9. The summed E-state index contributed by atoms with van der Waals surface area (Å²) in [6.07, 6.45) is 0.427. The van der Waals surface area contributed by atoms with E-state index in [2.05, 4.69) is 5.32 Å². The van der Waals surface area contributed by atoms with Crippen molar-refractivity contribution >= 4 is 35.1 Å². The van der Waals surface area contributed by atoms with Crippen LogP contribution in [-0.2, 0) is 31.1 Å². The Morgan fingerprint density at radius 2 is 1.70 bits per heavy atom. The van der Waals surface area contributed by atoms with E-state index < -0.39 is 35.3 Å². The summed E-state index contributed by atoms with van der Waals surface area (Å²) < 4.78 is 5.08. The van der Waals surface area contributed by atoms with Crippen LogP contribution in [0.1, 0.15) is 18.1 Å². The fraction of sp³-hybridized carbons (Fsp3) is 0.214. The van der Waals surface area contributed by atoms with E-state index in [1.54, 1.807) is 42.5 Å². The minimum atomic E-state index is -1.28. The number of ether oxygens (including phenoxy) is 1. The Labute approximate surface area is 212 Å². The van der Waals surface area contributed by atoms with Gasteiger partial charge in [-0.1, -0.05) is 30.3 Å². The average Bonchev–Trinajstić information content (AvgIpc) is 3.45. The highest BCUT2D eigenvalue weighted by Gasteiger charge is 2.74. The molecule has 3 aliphatic heterocycles. The summed E-state index contributed by atoms with van der Waals surface area (Å²) >= 11 is 0. The molecule has 0 aromatic heterocycles. The van der Waals surface area contributed by atoms with Crippen molar-refractivity contribution < 1.29 is 34.3 Å². The van der Waals surface area contributed by atoms with Gasteiger partial charge in [-0.05, 0) is 48.0 Å². The summed E-state index contributed by atoms with van der Waals surface area (Å²) in [5, 5.41) is 14.5. The highest BCUT2D eigenvalue weighted by atomic mass is 16.5. The lowest BCUT2D eigenvalue weighted by atomic mass is 9.76. The third kappa shape index (κ3) is 3.42. The molecule has 9 nitrogen and oxygen atoms in total. The number of carbonyl (C=O) groups excluding carboxylic acids is 4. The normalized spacial score (nSPS) is 25.8. The second-order valence-corrected chi connectivity index (χ2v) is 9.67. The number of rotatable bonds is 4. The van der Waals surface area contributed by atoms with Gasteiger partial charge in [-0.3, -0.25) is 19.2 Å². The number of nitrogens with one attached hydrogen (secondary N) is 1. The number of nitrogens with zero attached hydrogens (tertiary/aromatic N) is 1. The van der Waals surface area contributed by atoms with Crippen LogP contribution in [0, 0.1) is 11.8 Å². The maximum Gasteiger partial charge on any atom is 0.308 e. The fourth-order valence-electron chi connectivity index (χ4n) is 6.10. The standard InChI is InChI=1S/C28H23N3O6/c1-15(32)37-19-12-8-17(9-13-19)31-25(34)23-22(14-16-6-10-18(33)11-7-16)30-28(24(23)26(31)35)20-4-2-3-5-21(20)29-27(28)36/h2-13,22-24,30,33H,14H2,1H3,(H,29,36)/p+1/t22-,23+,24-,28+/m1/s1. The summed E-state index contributed by atoms with van der Waals surface area (Å²) in [6, 6.07) is 19.7. The van der Waals surface area contributed by atoms with E-state index in [-0.39, 0.29) is 17.6 Å². The minimum Gasteiger partial charge on any atom is -0.508 e. The van der Waals surface area contributed by atoms with Gasteiger partial charge in [0.05, 0.1) is 11.4 Å². The van der Waals surface area contributed by atoms with Crippen molar-refractivity contribution in [1.29, 1.82) is 0 Å². The van der Waals surface area contributed by atoms with Crippen LogP contribution < -0.4 is 20.3 Å². The molecule has 4 N–H and O–H groups in total. The van der Waals surface area contributed by atoms with Crippen LogP contribution in [0.4, 0.5) is 11.4 Å². The molecule has 186 valence electrons. The van der Waals surface area contributed by atoms with Crippen molar-refractivity contribution in [3.63, 3.8) is 0 Å². The first-order valence-corrected chi connectivity index (χ1v) is 12.0. The van der Waals surface area contributed by atoms with Crippen molar-refractivity contribution in [1.82, 2.24) is 0 Å². The molecule has 9 heteroatoms. The number of aromatic hydroxyl groups is 1. The molecule has 3 amide bonds. The van der Waals surface area contributed by atoms with Crippen molar-refractivity contribution in [3.05, 3.63) is 83.9 Å². The molecule has 6 rings (SSSR count). The Bertz CT molecular complexity index is 1450. The maximum atomic E-state index is 14.0. The van der Waals surface area contributed by atoms with Crippen molar-refractivity contribution in [2.45, 2.75) is 24.9 Å². The van der Waals surface area contributed by atoms with Gasteiger partial charge < -0.3 is 20.5 Å². The summed E-state index contributed by atoms with van der Waals surface area (Å²) in [5.41, 5.74) is 1.28. The Kier molecular flexibility index (Phi) is 5.13. The van der Waals surface area contributed by atoms with E-state index in [9.17, 15) is 24.3 Å². The molecule has 3 aromatic rings. The second kappa shape index (κ2) is 8.28. The average molecular weight is 499 g/mol. The highest BCUT2D eigenvalue weighted by molar-refractivity contribution is 6.25. The van der Waals surface area contributed by atoms with Gasteiger partial charge in [-0.2, -0.15) is 0 Å². The zero-order valence-electron chi connectivity index (χ0n) is 19.9. The van der Waals surface area contributed by atoms with Crippen LogP contribution in [0.3, 0.4) is 0 Å². The first-order chi connectivity index (χ1) is 17.8. The Morgan fingerprint density at radius 3 is 2.41 bits per heavy atom. The van der Waals surface area contributed by atoms with Crippen LogP contribution in [0.5, 0.6) is 11.5 Å². The number of esters is 1. The lowest BCUT2D eigenvalue weighted by molar-refractivity contribution is -0.733. The highest BCUT2D eigenvalue weighted by Crippen LogP contribution is 2.50. The zero-order valence-corrected chi connectivity index (χ0v) is 19.9. The molecular weight excluding hydrogens is 474 g/mol. The fourth-order valence-corrected chi connectivity index (χ4v) is 6.10. The molecule has 0 radical (unpaired) electrons. The lowest BCUT2D eigenvalue weighted by Crippen LogP contribution is -2.99. The van der Waals surface area contributed by atoms with Crippen LogP contribution >= 0.6 is 0 Å². The minimum absolute atomic E-state index is 0.132. The zero-order chi connectivity index (χ0) is 25.9. The number of carbonyl (C=O) groups is 4. The molecule has 0 aliphatic carbocycles. The number of amides is 3. The van der Waals surface area contributed by atoms with Gasteiger partial charge in [-0.15, -0.1) is 0 Å². The summed E-state index contributed by atoms with van der Waals surface area (Å²) in [5.74, 6) is -2.81. The summed E-state index contributed by atoms with van der Waals surface area (Å²) in [6.45, 7) is 1.29.